The van der Waals surface area contributed by atoms with Crippen molar-refractivity contribution in [2.45, 2.75) is 25.7 Å². The summed E-state index contributed by atoms with van der Waals surface area (Å²) in [5.41, 5.74) is 0.613. The van der Waals surface area contributed by atoms with Gasteiger partial charge < -0.3 is 0 Å². The van der Waals surface area contributed by atoms with E-state index in [1.807, 2.05) is 0 Å². The van der Waals surface area contributed by atoms with Crippen LogP contribution in [0.5, 0.6) is 0 Å². The maximum Gasteiger partial charge on any atom is 0.164 e. The molecule has 0 bridgehead atoms. The zero-order chi connectivity index (χ0) is 9.97. The van der Waals surface area contributed by atoms with E-state index in [-0.39, 0.29) is 5.78 Å². The van der Waals surface area contributed by atoms with Gasteiger partial charge in [0.15, 0.2) is 5.78 Å². The SMILES string of the molecule is O=C(CCC1CC1)c1ccncc1Cl. The van der Waals surface area contributed by atoms with E-state index in [0.717, 1.165) is 12.3 Å². The van der Waals surface area contributed by atoms with E-state index in [1.165, 1.54) is 19.0 Å². The number of rotatable bonds is 4. The molecule has 1 aliphatic rings. The molecule has 1 aromatic rings. The zero-order valence-electron chi connectivity index (χ0n) is 7.87. The van der Waals surface area contributed by atoms with Gasteiger partial charge in [0.2, 0.25) is 0 Å². The van der Waals surface area contributed by atoms with Crippen LogP contribution in [0.15, 0.2) is 18.5 Å². The highest BCUT2D eigenvalue weighted by Crippen LogP contribution is 2.34. The standard InChI is InChI=1S/C11H12ClNO/c12-10-7-13-6-5-9(10)11(14)4-3-8-1-2-8/h5-8H,1-4H2. The first-order chi connectivity index (χ1) is 6.77. The van der Waals surface area contributed by atoms with Crippen LogP contribution in [0.1, 0.15) is 36.0 Å². The summed E-state index contributed by atoms with van der Waals surface area (Å²) in [6.45, 7) is 0. The van der Waals surface area contributed by atoms with Gasteiger partial charge in [0.25, 0.3) is 0 Å². The normalized spacial score (nSPS) is 15.5. The molecule has 0 N–H and O–H groups in total. The fourth-order valence-corrected chi connectivity index (χ4v) is 1.70. The molecule has 1 fully saturated rings. The Kier molecular flexibility index (Phi) is 2.82. The number of carbonyl (C=O) groups excluding carboxylic acids is 1. The van der Waals surface area contributed by atoms with Crippen molar-refractivity contribution in [3.63, 3.8) is 0 Å². The maximum atomic E-state index is 11.7. The van der Waals surface area contributed by atoms with Gasteiger partial charge in [0, 0.05) is 24.4 Å². The molecule has 1 heterocycles. The molecule has 0 saturated heterocycles. The van der Waals surface area contributed by atoms with Crippen LogP contribution in [0.3, 0.4) is 0 Å². The van der Waals surface area contributed by atoms with Crippen molar-refractivity contribution in [3.8, 4) is 0 Å². The van der Waals surface area contributed by atoms with Gasteiger partial charge in [-0.25, -0.2) is 0 Å². The monoisotopic (exact) mass is 209 g/mol. The van der Waals surface area contributed by atoms with Crippen molar-refractivity contribution >= 4 is 17.4 Å². The highest BCUT2D eigenvalue weighted by Gasteiger charge is 2.22. The predicted molar refractivity (Wildman–Crippen MR) is 55.5 cm³/mol. The Balaban J connectivity index is 1.98. The molecular weight excluding hydrogens is 198 g/mol. The Hall–Kier alpha value is -0.890. The molecule has 0 atom stereocenters. The topological polar surface area (TPSA) is 30.0 Å². The third-order valence-corrected chi connectivity index (χ3v) is 2.85. The van der Waals surface area contributed by atoms with Gasteiger partial charge >= 0.3 is 0 Å². The average Bonchev–Trinajstić information content (AvgIpc) is 2.98. The summed E-state index contributed by atoms with van der Waals surface area (Å²) in [7, 11) is 0. The summed E-state index contributed by atoms with van der Waals surface area (Å²) in [4.78, 5) is 15.5. The Morgan fingerprint density at radius 1 is 1.57 bits per heavy atom. The van der Waals surface area contributed by atoms with Gasteiger partial charge in [0.1, 0.15) is 0 Å². The van der Waals surface area contributed by atoms with Gasteiger partial charge in [-0.3, -0.25) is 9.78 Å². The highest BCUT2D eigenvalue weighted by atomic mass is 35.5. The second-order valence-corrected chi connectivity index (χ2v) is 4.17. The van der Waals surface area contributed by atoms with Crippen molar-refractivity contribution in [3.05, 3.63) is 29.0 Å². The van der Waals surface area contributed by atoms with E-state index in [4.69, 9.17) is 11.6 Å². The summed E-state index contributed by atoms with van der Waals surface area (Å²) in [6, 6.07) is 1.69. The van der Waals surface area contributed by atoms with Crippen LogP contribution in [-0.4, -0.2) is 10.8 Å². The second kappa shape index (κ2) is 4.09. The minimum absolute atomic E-state index is 0.143. The Labute approximate surface area is 88.3 Å². The summed E-state index contributed by atoms with van der Waals surface area (Å²) < 4.78 is 0. The minimum atomic E-state index is 0.143. The Morgan fingerprint density at radius 3 is 3.00 bits per heavy atom. The number of halogens is 1. The number of aromatic nitrogens is 1. The fraction of sp³-hybridized carbons (Fsp3) is 0.455. The predicted octanol–water partition coefficient (Wildman–Crippen LogP) is 3.11. The van der Waals surface area contributed by atoms with Crippen LogP contribution in [0, 0.1) is 5.92 Å². The number of pyridine rings is 1. The van der Waals surface area contributed by atoms with Crippen molar-refractivity contribution in [1.29, 1.82) is 0 Å². The van der Waals surface area contributed by atoms with E-state index < -0.39 is 0 Å². The van der Waals surface area contributed by atoms with Gasteiger partial charge in [-0.05, 0) is 18.4 Å². The Morgan fingerprint density at radius 2 is 2.36 bits per heavy atom. The summed E-state index contributed by atoms with van der Waals surface area (Å²) in [6.07, 6.45) is 7.34. The van der Waals surface area contributed by atoms with Crippen molar-refractivity contribution in [2.24, 2.45) is 5.92 Å². The number of hydrogen-bond acceptors (Lipinski definition) is 2. The van der Waals surface area contributed by atoms with E-state index in [2.05, 4.69) is 4.98 Å². The third kappa shape index (κ3) is 2.32. The lowest BCUT2D eigenvalue weighted by molar-refractivity contribution is 0.0978. The molecule has 14 heavy (non-hydrogen) atoms. The van der Waals surface area contributed by atoms with Crippen LogP contribution < -0.4 is 0 Å². The number of carbonyl (C=O) groups is 1. The van der Waals surface area contributed by atoms with E-state index in [1.54, 1.807) is 12.3 Å². The maximum absolute atomic E-state index is 11.7. The molecule has 2 nitrogen and oxygen atoms in total. The molecule has 2 rings (SSSR count). The first-order valence-electron chi connectivity index (χ1n) is 4.90. The highest BCUT2D eigenvalue weighted by molar-refractivity contribution is 6.33. The molecular formula is C11H12ClNO. The van der Waals surface area contributed by atoms with Crippen molar-refractivity contribution in [2.75, 3.05) is 0 Å². The largest absolute Gasteiger partial charge is 0.294 e. The lowest BCUT2D eigenvalue weighted by atomic mass is 10.1. The first-order valence-corrected chi connectivity index (χ1v) is 5.28. The van der Waals surface area contributed by atoms with Gasteiger partial charge in [-0.15, -0.1) is 0 Å². The first kappa shape index (κ1) is 9.66. The molecule has 0 unspecified atom stereocenters. The van der Waals surface area contributed by atoms with Crippen LogP contribution in [-0.2, 0) is 0 Å². The number of ketones is 1. The van der Waals surface area contributed by atoms with Crippen molar-refractivity contribution in [1.82, 2.24) is 4.98 Å². The third-order valence-electron chi connectivity index (χ3n) is 2.55. The van der Waals surface area contributed by atoms with Gasteiger partial charge in [0.05, 0.1) is 5.02 Å². The molecule has 0 radical (unpaired) electrons. The van der Waals surface area contributed by atoms with Crippen LogP contribution in [0.25, 0.3) is 0 Å². The van der Waals surface area contributed by atoms with E-state index in [0.29, 0.717) is 17.0 Å². The van der Waals surface area contributed by atoms with Crippen LogP contribution in [0.4, 0.5) is 0 Å². The molecule has 0 aliphatic heterocycles. The van der Waals surface area contributed by atoms with E-state index >= 15 is 0 Å². The average molecular weight is 210 g/mol. The quantitative estimate of drug-likeness (QED) is 0.714. The molecule has 0 amide bonds. The molecule has 3 heteroatoms. The van der Waals surface area contributed by atoms with Crippen LogP contribution >= 0.6 is 11.6 Å². The number of nitrogens with zero attached hydrogens (tertiary/aromatic N) is 1. The smallest absolute Gasteiger partial charge is 0.164 e. The second-order valence-electron chi connectivity index (χ2n) is 3.76. The molecule has 74 valence electrons. The lowest BCUT2D eigenvalue weighted by Crippen LogP contribution is -2.00. The summed E-state index contributed by atoms with van der Waals surface area (Å²) in [5, 5.41) is 0.466. The molecule has 0 aromatic carbocycles. The number of Topliss-reactive ketones (excluding diaryl/α,β-unsaturated/α-hetero) is 1. The van der Waals surface area contributed by atoms with Crippen LogP contribution in [0.2, 0.25) is 5.02 Å². The molecule has 1 aromatic heterocycles. The zero-order valence-corrected chi connectivity index (χ0v) is 8.63. The fourth-order valence-electron chi connectivity index (χ4n) is 1.48. The summed E-state index contributed by atoms with van der Waals surface area (Å²) in [5.74, 6) is 0.934. The Bertz CT molecular complexity index is 347. The van der Waals surface area contributed by atoms with E-state index in [9.17, 15) is 4.79 Å². The molecule has 1 aliphatic carbocycles. The van der Waals surface area contributed by atoms with Gasteiger partial charge in [-0.1, -0.05) is 24.4 Å². The molecule has 1 saturated carbocycles. The lowest BCUT2D eigenvalue weighted by Gasteiger charge is -2.01. The van der Waals surface area contributed by atoms with Crippen molar-refractivity contribution < 1.29 is 4.79 Å². The summed E-state index contributed by atoms with van der Waals surface area (Å²) >= 11 is 5.87. The minimum Gasteiger partial charge on any atom is -0.294 e. The van der Waals surface area contributed by atoms with Gasteiger partial charge in [-0.2, -0.15) is 0 Å². The number of hydrogen-bond donors (Lipinski definition) is 0. The molecule has 0 spiro atoms.